The fraction of sp³-hybridized carbons (Fsp3) is 0.273. The minimum Gasteiger partial charge on any atom is -0.454 e. The summed E-state index contributed by atoms with van der Waals surface area (Å²) in [5.41, 5.74) is 0.508. The van der Waals surface area contributed by atoms with Crippen molar-refractivity contribution in [2.75, 3.05) is 11.9 Å². The van der Waals surface area contributed by atoms with Gasteiger partial charge >= 0.3 is 5.97 Å². The molecular formula is C22H17FI4N2O5. The van der Waals surface area contributed by atoms with Crippen LogP contribution < -0.4 is 5.32 Å². The number of carbonyl (C=O) groups excluding carboxylic acids is 4. The Morgan fingerprint density at radius 1 is 0.971 bits per heavy atom. The van der Waals surface area contributed by atoms with Crippen molar-refractivity contribution in [3.05, 3.63) is 55.5 Å². The topological polar surface area (TPSA) is 92.8 Å². The van der Waals surface area contributed by atoms with E-state index in [0.717, 1.165) is 12.0 Å². The molecule has 12 heteroatoms. The van der Waals surface area contributed by atoms with E-state index in [9.17, 15) is 23.6 Å². The predicted octanol–water partition coefficient (Wildman–Crippen LogP) is 5.44. The van der Waals surface area contributed by atoms with Crippen molar-refractivity contribution in [2.45, 2.75) is 26.3 Å². The maximum absolute atomic E-state index is 13.8. The van der Waals surface area contributed by atoms with Gasteiger partial charge in [-0.3, -0.25) is 19.3 Å². The fourth-order valence-corrected chi connectivity index (χ4v) is 7.04. The minimum atomic E-state index is -1.20. The van der Waals surface area contributed by atoms with Crippen LogP contribution in [0.2, 0.25) is 0 Å². The van der Waals surface area contributed by atoms with Gasteiger partial charge in [0, 0.05) is 14.3 Å². The SMILES string of the molecule is CC(C)C[C@H](C(=O)OCC(=O)Nc1ccccc1F)N1C(=O)c2c(I)c(I)c(I)c(I)c2C1=O. The zero-order valence-corrected chi connectivity index (χ0v) is 26.4. The summed E-state index contributed by atoms with van der Waals surface area (Å²) in [6.07, 6.45) is 0.167. The molecule has 2 aromatic rings. The molecule has 3 amide bonds. The first kappa shape index (κ1) is 27.9. The van der Waals surface area contributed by atoms with Crippen LogP contribution in [-0.2, 0) is 14.3 Å². The van der Waals surface area contributed by atoms with Gasteiger partial charge in [-0.1, -0.05) is 26.0 Å². The van der Waals surface area contributed by atoms with E-state index in [4.69, 9.17) is 4.74 Å². The Labute approximate surface area is 249 Å². The quantitative estimate of drug-likeness (QED) is 0.132. The number of halogens is 5. The highest BCUT2D eigenvalue weighted by atomic mass is 127. The molecule has 0 bridgehead atoms. The summed E-state index contributed by atoms with van der Waals surface area (Å²) in [7, 11) is 0. The number of esters is 1. The van der Waals surface area contributed by atoms with E-state index in [0.29, 0.717) is 7.14 Å². The van der Waals surface area contributed by atoms with E-state index in [-0.39, 0.29) is 29.2 Å². The standard InChI is InChI=1S/C22H17FI4N2O5/c1-9(2)7-12(22(33)34-8-13(30)28-11-6-4-3-5-10(11)23)29-20(31)14-15(21(29)32)17(25)19(27)18(26)16(14)24/h3-6,9,12H,7-8H2,1-2H3,(H,28,30)/t12-/m1/s1. The lowest BCUT2D eigenvalue weighted by Crippen LogP contribution is -2.47. The van der Waals surface area contributed by atoms with E-state index in [1.54, 1.807) is 6.07 Å². The lowest BCUT2D eigenvalue weighted by molar-refractivity contribution is -0.151. The molecule has 180 valence electrons. The van der Waals surface area contributed by atoms with E-state index < -0.39 is 42.2 Å². The number of nitrogens with one attached hydrogen (secondary N) is 1. The summed E-state index contributed by atoms with van der Waals surface area (Å²) < 4.78 is 21.9. The van der Waals surface area contributed by atoms with Gasteiger partial charge in [0.2, 0.25) is 0 Å². The summed E-state index contributed by atoms with van der Waals surface area (Å²) in [6, 6.07) is 4.40. The number of anilines is 1. The van der Waals surface area contributed by atoms with Crippen LogP contribution in [0.25, 0.3) is 0 Å². The Morgan fingerprint density at radius 3 is 2.00 bits per heavy atom. The van der Waals surface area contributed by atoms with E-state index in [1.807, 2.05) is 59.0 Å². The normalized spacial score (nSPS) is 13.8. The third kappa shape index (κ3) is 5.68. The highest BCUT2D eigenvalue weighted by Crippen LogP contribution is 2.38. The number of benzene rings is 2. The van der Waals surface area contributed by atoms with Crippen LogP contribution in [0.15, 0.2) is 24.3 Å². The van der Waals surface area contributed by atoms with Gasteiger partial charge in [-0.15, -0.1) is 0 Å². The number of hydrogen-bond donors (Lipinski definition) is 1. The predicted molar refractivity (Wildman–Crippen MR) is 157 cm³/mol. The third-order valence-corrected chi connectivity index (χ3v) is 12.3. The molecule has 1 aliphatic heterocycles. The van der Waals surface area contributed by atoms with Gasteiger partial charge < -0.3 is 10.1 Å². The van der Waals surface area contributed by atoms with Crippen molar-refractivity contribution >= 4 is 120 Å². The second kappa shape index (κ2) is 11.6. The van der Waals surface area contributed by atoms with E-state index >= 15 is 0 Å². The van der Waals surface area contributed by atoms with E-state index in [1.165, 1.54) is 18.2 Å². The molecule has 2 aromatic carbocycles. The van der Waals surface area contributed by atoms with Crippen molar-refractivity contribution in [1.29, 1.82) is 0 Å². The molecule has 0 saturated carbocycles. The molecule has 1 heterocycles. The van der Waals surface area contributed by atoms with Crippen LogP contribution in [-0.4, -0.2) is 41.2 Å². The van der Waals surface area contributed by atoms with Crippen LogP contribution >= 0.6 is 90.4 Å². The highest BCUT2D eigenvalue weighted by molar-refractivity contribution is 14.1. The molecule has 7 nitrogen and oxygen atoms in total. The van der Waals surface area contributed by atoms with Gasteiger partial charge in [-0.05, 0) is 115 Å². The summed E-state index contributed by atoms with van der Waals surface area (Å²) in [5, 5.41) is 2.33. The first-order valence-corrected chi connectivity index (χ1v) is 14.2. The molecule has 1 aliphatic rings. The lowest BCUT2D eigenvalue weighted by Gasteiger charge is -2.26. The Bertz CT molecular complexity index is 1160. The van der Waals surface area contributed by atoms with Crippen LogP contribution in [0.3, 0.4) is 0 Å². The first-order chi connectivity index (χ1) is 16.0. The number of fused-ring (bicyclic) bond motifs is 1. The average molecular weight is 916 g/mol. The van der Waals surface area contributed by atoms with E-state index in [2.05, 4.69) is 50.5 Å². The Hall–Kier alpha value is -0.630. The second-order valence-corrected chi connectivity index (χ2v) is 12.1. The third-order valence-electron chi connectivity index (χ3n) is 4.90. The molecule has 0 radical (unpaired) electrons. The Balaban J connectivity index is 1.83. The van der Waals surface area contributed by atoms with Crippen LogP contribution in [0.4, 0.5) is 10.1 Å². The van der Waals surface area contributed by atoms with Gasteiger partial charge in [0.25, 0.3) is 17.7 Å². The summed E-state index contributed by atoms with van der Waals surface area (Å²) >= 11 is 8.33. The van der Waals surface area contributed by atoms with Gasteiger partial charge in [-0.25, -0.2) is 9.18 Å². The molecule has 0 aromatic heterocycles. The number of amides is 3. The van der Waals surface area contributed by atoms with Gasteiger partial charge in [0.1, 0.15) is 11.9 Å². The summed E-state index contributed by atoms with van der Waals surface area (Å²) in [5.74, 6) is -3.41. The molecule has 0 unspecified atom stereocenters. The summed E-state index contributed by atoms with van der Waals surface area (Å²) in [4.78, 5) is 52.9. The highest BCUT2D eigenvalue weighted by Gasteiger charge is 2.47. The van der Waals surface area contributed by atoms with Crippen molar-refractivity contribution in [3.8, 4) is 0 Å². The molecule has 34 heavy (non-hydrogen) atoms. The summed E-state index contributed by atoms with van der Waals surface area (Å²) in [6.45, 7) is 3.02. The second-order valence-electron chi connectivity index (χ2n) is 7.77. The monoisotopic (exact) mass is 916 g/mol. The molecule has 0 aliphatic carbocycles. The lowest BCUT2D eigenvalue weighted by atomic mass is 10.0. The van der Waals surface area contributed by atoms with Crippen molar-refractivity contribution in [3.63, 3.8) is 0 Å². The van der Waals surface area contributed by atoms with Crippen molar-refractivity contribution < 1.29 is 28.3 Å². The van der Waals surface area contributed by atoms with Crippen LogP contribution in [0, 0.1) is 26.0 Å². The number of para-hydroxylation sites is 1. The molecule has 0 fully saturated rings. The smallest absolute Gasteiger partial charge is 0.329 e. The van der Waals surface area contributed by atoms with Crippen LogP contribution in [0.1, 0.15) is 41.0 Å². The van der Waals surface area contributed by atoms with Gasteiger partial charge in [-0.2, -0.15) is 0 Å². The molecule has 0 spiro atoms. The minimum absolute atomic E-state index is 0.0454. The molecule has 3 rings (SSSR count). The van der Waals surface area contributed by atoms with Crippen molar-refractivity contribution in [2.24, 2.45) is 5.92 Å². The number of hydrogen-bond acceptors (Lipinski definition) is 5. The van der Waals surface area contributed by atoms with Crippen LogP contribution in [0.5, 0.6) is 0 Å². The number of imide groups is 1. The molecule has 1 atom stereocenters. The average Bonchev–Trinajstić information content (AvgIpc) is 3.04. The number of ether oxygens (including phenoxy) is 1. The van der Waals surface area contributed by atoms with Gasteiger partial charge in [0.15, 0.2) is 6.61 Å². The number of rotatable bonds is 7. The van der Waals surface area contributed by atoms with Gasteiger partial charge in [0.05, 0.1) is 16.8 Å². The molecule has 1 N–H and O–H groups in total. The first-order valence-electron chi connectivity index (χ1n) is 9.90. The molecular weight excluding hydrogens is 899 g/mol. The van der Waals surface area contributed by atoms with Crippen molar-refractivity contribution in [1.82, 2.24) is 4.90 Å². The largest absolute Gasteiger partial charge is 0.454 e. The number of nitrogens with zero attached hydrogens (tertiary/aromatic N) is 1. The maximum atomic E-state index is 13.8. The zero-order valence-electron chi connectivity index (χ0n) is 17.8. The Morgan fingerprint density at radius 2 is 1.50 bits per heavy atom. The Kier molecular flexibility index (Phi) is 9.55. The maximum Gasteiger partial charge on any atom is 0.329 e. The number of carbonyl (C=O) groups is 4. The zero-order chi connectivity index (χ0) is 25.3. The molecule has 0 saturated heterocycles. The fourth-order valence-electron chi connectivity index (χ4n) is 3.38.